The Kier molecular flexibility index (Phi) is 6.57. The van der Waals surface area contributed by atoms with Gasteiger partial charge in [0.05, 0.1) is 34.3 Å². The summed E-state index contributed by atoms with van der Waals surface area (Å²) in [6.45, 7) is 2.15. The highest BCUT2D eigenvalue weighted by molar-refractivity contribution is 9.10. The standard InChI is InChI=1S/C26H22BrN3O7/c1-2-36-20-12-16(11-19(27)23(20)31)22-21-24(37-29(22)17-9-6-10-18(13-17)30(34)35)26(33)28(25(21)32)14-15-7-4-3-5-8-15/h3-13,21-22,24,31H,2,14H2,1H3/t21-,22+,24-/m0/s1. The third-order valence-electron chi connectivity index (χ3n) is 6.38. The van der Waals surface area contributed by atoms with Gasteiger partial charge in [-0.25, -0.2) is 5.06 Å². The second-order valence-corrected chi connectivity index (χ2v) is 9.48. The summed E-state index contributed by atoms with van der Waals surface area (Å²) in [6, 6.07) is 17.3. The van der Waals surface area contributed by atoms with Crippen molar-refractivity contribution < 1.29 is 29.2 Å². The predicted molar refractivity (Wildman–Crippen MR) is 136 cm³/mol. The van der Waals surface area contributed by atoms with Crippen LogP contribution in [0.4, 0.5) is 11.4 Å². The first-order valence-electron chi connectivity index (χ1n) is 11.5. The second kappa shape index (κ2) is 9.83. The number of nitro groups is 1. The van der Waals surface area contributed by atoms with E-state index in [-0.39, 0.29) is 30.3 Å². The number of phenolic OH excluding ortho intramolecular Hbond substituents is 1. The van der Waals surface area contributed by atoms with Crippen LogP contribution in [0.3, 0.4) is 0 Å². The molecular formula is C26H22BrN3O7. The van der Waals surface area contributed by atoms with Crippen molar-refractivity contribution in [1.29, 1.82) is 0 Å². The van der Waals surface area contributed by atoms with Crippen molar-refractivity contribution in [3.05, 3.63) is 92.4 Å². The van der Waals surface area contributed by atoms with Crippen molar-refractivity contribution in [3.63, 3.8) is 0 Å². The quantitative estimate of drug-likeness (QED) is 0.251. The zero-order chi connectivity index (χ0) is 26.3. The lowest BCUT2D eigenvalue weighted by Gasteiger charge is -2.29. The third kappa shape index (κ3) is 4.40. The fourth-order valence-electron chi connectivity index (χ4n) is 4.73. The van der Waals surface area contributed by atoms with Crippen molar-refractivity contribution in [3.8, 4) is 11.5 Å². The van der Waals surface area contributed by atoms with Crippen LogP contribution in [-0.2, 0) is 21.0 Å². The van der Waals surface area contributed by atoms with Crippen LogP contribution in [0.2, 0.25) is 0 Å². The average molecular weight is 568 g/mol. The van der Waals surface area contributed by atoms with Gasteiger partial charge in [-0.1, -0.05) is 36.4 Å². The number of phenols is 1. The van der Waals surface area contributed by atoms with Crippen molar-refractivity contribution in [2.75, 3.05) is 11.7 Å². The zero-order valence-electron chi connectivity index (χ0n) is 19.6. The van der Waals surface area contributed by atoms with Crippen molar-refractivity contribution in [1.82, 2.24) is 4.90 Å². The largest absolute Gasteiger partial charge is 0.503 e. The number of anilines is 1. The number of halogens is 1. The molecule has 2 saturated heterocycles. The van der Waals surface area contributed by atoms with E-state index >= 15 is 0 Å². The fourth-order valence-corrected chi connectivity index (χ4v) is 5.19. The minimum atomic E-state index is -1.12. The van der Waals surface area contributed by atoms with Crippen LogP contribution in [0.25, 0.3) is 0 Å². The number of aromatic hydroxyl groups is 1. The molecule has 5 rings (SSSR count). The molecule has 0 spiro atoms. The van der Waals surface area contributed by atoms with Gasteiger partial charge in [0.25, 0.3) is 11.6 Å². The number of nitrogens with zero attached hydrogens (tertiary/aromatic N) is 3. The van der Waals surface area contributed by atoms with Gasteiger partial charge in [-0.2, -0.15) is 0 Å². The summed E-state index contributed by atoms with van der Waals surface area (Å²) < 4.78 is 5.91. The number of hydroxylamine groups is 1. The second-order valence-electron chi connectivity index (χ2n) is 8.63. The van der Waals surface area contributed by atoms with Gasteiger partial charge >= 0.3 is 0 Å². The number of hydrogen-bond donors (Lipinski definition) is 1. The molecule has 2 heterocycles. The van der Waals surface area contributed by atoms with E-state index in [0.717, 1.165) is 5.56 Å². The number of nitro benzene ring substituents is 1. The number of amides is 2. The van der Waals surface area contributed by atoms with E-state index in [0.29, 0.717) is 15.7 Å². The van der Waals surface area contributed by atoms with E-state index in [9.17, 15) is 24.8 Å². The summed E-state index contributed by atoms with van der Waals surface area (Å²) in [5.74, 6) is -1.75. The predicted octanol–water partition coefficient (Wildman–Crippen LogP) is 4.51. The normalized spacial score (nSPS) is 20.9. The molecule has 0 bridgehead atoms. The Morgan fingerprint density at radius 2 is 1.84 bits per heavy atom. The smallest absolute Gasteiger partial charge is 0.271 e. The number of rotatable bonds is 7. The molecule has 0 aliphatic carbocycles. The first-order valence-corrected chi connectivity index (χ1v) is 12.3. The topological polar surface area (TPSA) is 122 Å². The minimum absolute atomic E-state index is 0.0991. The number of benzene rings is 3. The van der Waals surface area contributed by atoms with E-state index in [4.69, 9.17) is 9.57 Å². The van der Waals surface area contributed by atoms with Crippen LogP contribution in [0.15, 0.2) is 71.2 Å². The number of carbonyl (C=O) groups excluding carboxylic acids is 2. The van der Waals surface area contributed by atoms with Gasteiger partial charge in [-0.15, -0.1) is 0 Å². The molecule has 190 valence electrons. The highest BCUT2D eigenvalue weighted by Crippen LogP contribution is 2.49. The fraction of sp³-hybridized carbons (Fsp3) is 0.231. The summed E-state index contributed by atoms with van der Waals surface area (Å²) in [5, 5.41) is 23.2. The van der Waals surface area contributed by atoms with Gasteiger partial charge in [0.1, 0.15) is 5.92 Å². The Morgan fingerprint density at radius 1 is 1.08 bits per heavy atom. The molecule has 11 heteroatoms. The van der Waals surface area contributed by atoms with E-state index in [2.05, 4.69) is 15.9 Å². The van der Waals surface area contributed by atoms with Gasteiger partial charge < -0.3 is 9.84 Å². The van der Waals surface area contributed by atoms with Gasteiger partial charge in [0.15, 0.2) is 17.6 Å². The Morgan fingerprint density at radius 3 is 2.54 bits per heavy atom. The number of ether oxygens (including phenoxy) is 1. The van der Waals surface area contributed by atoms with Crippen LogP contribution >= 0.6 is 15.9 Å². The van der Waals surface area contributed by atoms with E-state index in [1.54, 1.807) is 25.1 Å². The maximum Gasteiger partial charge on any atom is 0.271 e. The highest BCUT2D eigenvalue weighted by atomic mass is 79.9. The summed E-state index contributed by atoms with van der Waals surface area (Å²) in [6.07, 6.45) is -1.12. The van der Waals surface area contributed by atoms with Gasteiger partial charge in [0.2, 0.25) is 5.91 Å². The average Bonchev–Trinajstić information content (AvgIpc) is 3.39. The van der Waals surface area contributed by atoms with Crippen LogP contribution in [0.1, 0.15) is 24.1 Å². The number of carbonyl (C=O) groups is 2. The molecule has 2 aliphatic rings. The summed E-state index contributed by atoms with van der Waals surface area (Å²) in [7, 11) is 0. The molecule has 1 N–H and O–H groups in total. The molecule has 0 saturated carbocycles. The number of likely N-dealkylation sites (tertiary alicyclic amines) is 1. The Hall–Kier alpha value is -3.96. The molecular weight excluding hydrogens is 546 g/mol. The Labute approximate surface area is 220 Å². The van der Waals surface area contributed by atoms with Gasteiger partial charge in [-0.05, 0) is 52.2 Å². The van der Waals surface area contributed by atoms with Crippen molar-refractivity contribution >= 4 is 39.1 Å². The number of non-ortho nitro benzene ring substituents is 1. The molecule has 37 heavy (non-hydrogen) atoms. The SMILES string of the molecule is CCOc1cc([C@@H]2[C@@H]3C(=O)N(Cc4ccccc4)C(=O)[C@H]3ON2c2cccc([N+](=O)[O-])c2)cc(Br)c1O. The lowest BCUT2D eigenvalue weighted by Crippen LogP contribution is -2.37. The highest BCUT2D eigenvalue weighted by Gasteiger charge is 2.60. The molecule has 2 fully saturated rings. The molecule has 2 aliphatic heterocycles. The molecule has 0 aromatic heterocycles. The van der Waals surface area contributed by atoms with E-state index in [1.807, 2.05) is 30.3 Å². The molecule has 3 aromatic carbocycles. The summed E-state index contributed by atoms with van der Waals surface area (Å²) in [4.78, 5) is 45.2. The lowest BCUT2D eigenvalue weighted by atomic mass is 9.90. The molecule has 2 amide bonds. The first kappa shape index (κ1) is 24.7. The molecule has 0 unspecified atom stereocenters. The van der Waals surface area contributed by atoms with Crippen LogP contribution in [-0.4, -0.2) is 39.5 Å². The van der Waals surface area contributed by atoms with Gasteiger partial charge in [-0.3, -0.25) is 29.4 Å². The summed E-state index contributed by atoms with van der Waals surface area (Å²) >= 11 is 3.34. The minimum Gasteiger partial charge on any atom is -0.503 e. The first-order chi connectivity index (χ1) is 17.8. The molecule has 3 atom stereocenters. The maximum absolute atomic E-state index is 13.7. The summed E-state index contributed by atoms with van der Waals surface area (Å²) in [5.41, 5.74) is 1.46. The monoisotopic (exact) mass is 567 g/mol. The molecule has 3 aromatic rings. The number of imide groups is 1. The third-order valence-corrected chi connectivity index (χ3v) is 6.98. The number of fused-ring (bicyclic) bond motifs is 1. The Balaban J connectivity index is 1.59. The van der Waals surface area contributed by atoms with E-state index < -0.39 is 34.8 Å². The molecule has 0 radical (unpaired) electrons. The zero-order valence-corrected chi connectivity index (χ0v) is 21.2. The van der Waals surface area contributed by atoms with Gasteiger partial charge in [0, 0.05) is 12.1 Å². The number of hydrogen-bond acceptors (Lipinski definition) is 8. The molecule has 10 nitrogen and oxygen atoms in total. The van der Waals surface area contributed by atoms with Crippen LogP contribution in [0.5, 0.6) is 11.5 Å². The lowest BCUT2D eigenvalue weighted by molar-refractivity contribution is -0.384. The maximum atomic E-state index is 13.7. The van der Waals surface area contributed by atoms with Crippen molar-refractivity contribution in [2.24, 2.45) is 5.92 Å². The van der Waals surface area contributed by atoms with Crippen LogP contribution in [0, 0.1) is 16.0 Å². The Bertz CT molecular complexity index is 1380. The van der Waals surface area contributed by atoms with E-state index in [1.165, 1.54) is 28.2 Å². The van der Waals surface area contributed by atoms with Crippen molar-refractivity contribution in [2.45, 2.75) is 25.6 Å². The van der Waals surface area contributed by atoms with Crippen LogP contribution < -0.4 is 9.80 Å².